The first-order chi connectivity index (χ1) is 15.0. The van der Waals surface area contributed by atoms with E-state index >= 15 is 0 Å². The van der Waals surface area contributed by atoms with E-state index in [4.69, 9.17) is 4.74 Å². The van der Waals surface area contributed by atoms with Crippen LogP contribution in [-0.4, -0.2) is 30.0 Å². The molecule has 6 heteroatoms. The lowest BCUT2D eigenvalue weighted by Crippen LogP contribution is -2.23. The second-order valence-corrected chi connectivity index (χ2v) is 7.16. The van der Waals surface area contributed by atoms with Crippen molar-refractivity contribution in [1.82, 2.24) is 0 Å². The number of nitrogens with one attached hydrogen (secondary N) is 1. The molecule has 3 aromatic carbocycles. The average molecular weight is 413 g/mol. The highest BCUT2D eigenvalue weighted by molar-refractivity contribution is 6.28. The molecule has 0 aromatic heterocycles. The molecule has 6 nitrogen and oxygen atoms in total. The van der Waals surface area contributed by atoms with E-state index in [0.717, 1.165) is 5.56 Å². The van der Waals surface area contributed by atoms with Crippen LogP contribution in [0.4, 0.5) is 5.69 Å². The molecule has 1 amide bonds. The predicted molar refractivity (Wildman–Crippen MR) is 114 cm³/mol. The van der Waals surface area contributed by atoms with Gasteiger partial charge in [0.25, 0.3) is 5.91 Å². The summed E-state index contributed by atoms with van der Waals surface area (Å²) < 4.78 is 5.02. The Morgan fingerprint density at radius 1 is 0.742 bits per heavy atom. The molecule has 0 saturated carbocycles. The van der Waals surface area contributed by atoms with Gasteiger partial charge in [-0.1, -0.05) is 54.6 Å². The van der Waals surface area contributed by atoms with Crippen LogP contribution in [0.2, 0.25) is 0 Å². The van der Waals surface area contributed by atoms with Gasteiger partial charge in [-0.15, -0.1) is 0 Å². The van der Waals surface area contributed by atoms with Gasteiger partial charge in [0.1, 0.15) is 0 Å². The zero-order valence-corrected chi connectivity index (χ0v) is 16.6. The first-order valence-electron chi connectivity index (χ1n) is 9.85. The molecule has 1 N–H and O–H groups in total. The van der Waals surface area contributed by atoms with Crippen LogP contribution in [0.5, 0.6) is 0 Å². The van der Waals surface area contributed by atoms with Gasteiger partial charge in [-0.2, -0.15) is 0 Å². The minimum absolute atomic E-state index is 0.173. The molecule has 0 radical (unpaired) electrons. The van der Waals surface area contributed by atoms with Crippen LogP contribution >= 0.6 is 0 Å². The largest absolute Gasteiger partial charge is 0.456 e. The van der Waals surface area contributed by atoms with Crippen LogP contribution in [0.25, 0.3) is 0 Å². The van der Waals surface area contributed by atoms with Crippen molar-refractivity contribution in [2.24, 2.45) is 0 Å². The Bertz CT molecular complexity index is 1180. The molecule has 4 rings (SSSR count). The second-order valence-electron chi connectivity index (χ2n) is 7.16. The Kier molecular flexibility index (Phi) is 5.71. The number of rotatable bonds is 6. The van der Waals surface area contributed by atoms with E-state index < -0.39 is 18.5 Å². The van der Waals surface area contributed by atoms with Crippen molar-refractivity contribution >= 4 is 29.1 Å². The number of amides is 1. The van der Waals surface area contributed by atoms with Gasteiger partial charge in [0.05, 0.1) is 0 Å². The van der Waals surface area contributed by atoms with Gasteiger partial charge in [-0.25, -0.2) is 0 Å². The molecule has 0 fully saturated rings. The minimum atomic E-state index is -0.525. The summed E-state index contributed by atoms with van der Waals surface area (Å²) in [6, 6.07) is 20.7. The third-order valence-electron chi connectivity index (χ3n) is 5.03. The summed E-state index contributed by atoms with van der Waals surface area (Å²) in [5, 5.41) is 2.60. The van der Waals surface area contributed by atoms with Crippen molar-refractivity contribution in [2.75, 3.05) is 11.9 Å². The highest BCUT2D eigenvalue weighted by atomic mass is 16.5. The molecular weight excluding hydrogens is 394 g/mol. The van der Waals surface area contributed by atoms with Crippen molar-refractivity contribution in [3.63, 3.8) is 0 Å². The van der Waals surface area contributed by atoms with E-state index in [1.807, 2.05) is 30.3 Å². The number of ether oxygens (including phenoxy) is 1. The van der Waals surface area contributed by atoms with Crippen LogP contribution in [0.15, 0.2) is 72.8 Å². The summed E-state index contributed by atoms with van der Waals surface area (Å²) in [4.78, 5) is 49.4. The Labute approximate surface area is 178 Å². The Hall–Kier alpha value is -4.06. The van der Waals surface area contributed by atoms with Crippen LogP contribution in [0.3, 0.4) is 0 Å². The maximum absolute atomic E-state index is 12.8. The first-order valence-corrected chi connectivity index (χ1v) is 9.85. The van der Waals surface area contributed by atoms with E-state index in [1.165, 1.54) is 12.1 Å². The number of anilines is 1. The zero-order chi connectivity index (χ0) is 21.8. The number of fused-ring (bicyclic) bond motifs is 2. The summed E-state index contributed by atoms with van der Waals surface area (Å²) >= 11 is 0. The number of ketones is 2. The zero-order valence-electron chi connectivity index (χ0n) is 16.6. The standard InChI is InChI=1S/C25H19NO5/c27-22(15-31-23(28)13-10-16-6-2-1-3-7-16)26-17-11-12-20-21(14-17)25(30)19-9-5-4-8-18(19)24(20)29/h1-9,11-12,14H,10,13,15H2,(H,26,27). The van der Waals surface area contributed by atoms with E-state index in [1.54, 1.807) is 30.3 Å². The van der Waals surface area contributed by atoms with E-state index in [2.05, 4.69) is 5.32 Å². The number of aryl methyl sites for hydroxylation is 1. The van der Waals surface area contributed by atoms with Gasteiger partial charge in [0.15, 0.2) is 18.2 Å². The molecule has 3 aromatic rings. The lowest BCUT2D eigenvalue weighted by molar-refractivity contribution is -0.147. The molecule has 0 unspecified atom stereocenters. The molecule has 0 heterocycles. The third kappa shape index (κ3) is 4.43. The summed E-state index contributed by atoms with van der Waals surface area (Å²) in [6.07, 6.45) is 0.704. The molecule has 154 valence electrons. The Morgan fingerprint density at radius 2 is 1.35 bits per heavy atom. The number of benzene rings is 3. The minimum Gasteiger partial charge on any atom is -0.456 e. The van der Waals surface area contributed by atoms with Crippen molar-refractivity contribution < 1.29 is 23.9 Å². The monoisotopic (exact) mass is 413 g/mol. The van der Waals surface area contributed by atoms with Crippen molar-refractivity contribution in [3.05, 3.63) is 101 Å². The fourth-order valence-corrected chi connectivity index (χ4v) is 3.48. The molecular formula is C25H19NO5. The van der Waals surface area contributed by atoms with Gasteiger partial charge in [0.2, 0.25) is 0 Å². The number of carbonyl (C=O) groups is 4. The SMILES string of the molecule is O=C(COC(=O)CCc1ccccc1)Nc1ccc2c(c1)C(=O)c1ccccc1C2=O. The predicted octanol–water partition coefficient (Wildman–Crippen LogP) is 3.58. The Morgan fingerprint density at radius 3 is 2.06 bits per heavy atom. The maximum atomic E-state index is 12.8. The van der Waals surface area contributed by atoms with Gasteiger partial charge in [-0.05, 0) is 30.2 Å². The molecule has 0 atom stereocenters. The van der Waals surface area contributed by atoms with Gasteiger partial charge in [-0.3, -0.25) is 19.2 Å². The summed E-state index contributed by atoms with van der Waals surface area (Å²) in [5.41, 5.74) is 2.62. The number of carbonyl (C=O) groups excluding carboxylic acids is 4. The smallest absolute Gasteiger partial charge is 0.306 e. The van der Waals surface area contributed by atoms with Crippen LogP contribution < -0.4 is 5.32 Å². The molecule has 1 aliphatic carbocycles. The first kappa shape index (κ1) is 20.2. The number of hydrogen-bond acceptors (Lipinski definition) is 5. The van der Waals surface area contributed by atoms with Crippen LogP contribution in [0, 0.1) is 0 Å². The van der Waals surface area contributed by atoms with Gasteiger partial charge < -0.3 is 10.1 Å². The van der Waals surface area contributed by atoms with E-state index in [-0.39, 0.29) is 23.6 Å². The van der Waals surface area contributed by atoms with Gasteiger partial charge >= 0.3 is 5.97 Å². The summed E-state index contributed by atoms with van der Waals surface area (Å²) in [7, 11) is 0. The fourth-order valence-electron chi connectivity index (χ4n) is 3.48. The molecule has 1 aliphatic rings. The maximum Gasteiger partial charge on any atom is 0.306 e. The topological polar surface area (TPSA) is 89.5 Å². The highest BCUT2D eigenvalue weighted by Crippen LogP contribution is 2.29. The molecule has 0 bridgehead atoms. The number of hydrogen-bond donors (Lipinski definition) is 1. The van der Waals surface area contributed by atoms with E-state index in [0.29, 0.717) is 28.8 Å². The second kappa shape index (κ2) is 8.75. The quantitative estimate of drug-likeness (QED) is 0.488. The van der Waals surface area contributed by atoms with Crippen molar-refractivity contribution in [3.8, 4) is 0 Å². The summed E-state index contributed by atoms with van der Waals surface area (Å²) in [6.45, 7) is -0.430. The third-order valence-corrected chi connectivity index (χ3v) is 5.03. The average Bonchev–Trinajstić information content (AvgIpc) is 2.80. The lowest BCUT2D eigenvalue weighted by atomic mass is 9.84. The van der Waals surface area contributed by atoms with E-state index in [9.17, 15) is 19.2 Å². The highest BCUT2D eigenvalue weighted by Gasteiger charge is 2.29. The molecule has 0 aliphatic heterocycles. The molecule has 31 heavy (non-hydrogen) atoms. The van der Waals surface area contributed by atoms with Crippen molar-refractivity contribution in [1.29, 1.82) is 0 Å². The fraction of sp³-hybridized carbons (Fsp3) is 0.120. The Balaban J connectivity index is 1.36. The van der Waals surface area contributed by atoms with Gasteiger partial charge in [0, 0.05) is 34.4 Å². The normalized spacial score (nSPS) is 12.0. The molecule has 0 spiro atoms. The van der Waals surface area contributed by atoms with Crippen molar-refractivity contribution in [2.45, 2.75) is 12.8 Å². The van der Waals surface area contributed by atoms with Crippen LogP contribution in [0.1, 0.15) is 43.8 Å². The lowest BCUT2D eigenvalue weighted by Gasteiger charge is -2.18. The number of esters is 1. The summed E-state index contributed by atoms with van der Waals surface area (Å²) in [5.74, 6) is -1.49. The molecule has 0 saturated heterocycles. The van der Waals surface area contributed by atoms with Crippen LogP contribution in [-0.2, 0) is 20.7 Å².